The SMILES string of the molecule is CC(=O)O.O=c1ccn([C@H]2C[C@H](O)[C@@H](CO)O2)c(=O)[nH]1. The van der Waals surface area contributed by atoms with Gasteiger partial charge in [-0.3, -0.25) is 19.1 Å². The Morgan fingerprint density at radius 2 is 2.15 bits per heavy atom. The zero-order valence-corrected chi connectivity index (χ0v) is 10.7. The molecular weight excluding hydrogens is 272 g/mol. The fraction of sp³-hybridized carbons (Fsp3) is 0.545. The second-order valence-electron chi connectivity index (χ2n) is 4.15. The van der Waals surface area contributed by atoms with E-state index in [1.165, 1.54) is 16.8 Å². The molecule has 1 aromatic heterocycles. The number of nitrogens with one attached hydrogen (secondary N) is 1. The molecule has 0 aromatic carbocycles. The van der Waals surface area contributed by atoms with Gasteiger partial charge in [-0.1, -0.05) is 0 Å². The van der Waals surface area contributed by atoms with Gasteiger partial charge in [0.15, 0.2) is 0 Å². The van der Waals surface area contributed by atoms with E-state index in [2.05, 4.69) is 4.98 Å². The second-order valence-corrected chi connectivity index (χ2v) is 4.15. The number of carboxylic acid groups (broad SMARTS) is 1. The molecule has 0 spiro atoms. The van der Waals surface area contributed by atoms with Gasteiger partial charge in [-0.25, -0.2) is 4.79 Å². The first-order valence-corrected chi connectivity index (χ1v) is 5.80. The van der Waals surface area contributed by atoms with E-state index in [1.807, 2.05) is 0 Å². The summed E-state index contributed by atoms with van der Waals surface area (Å²) in [5.74, 6) is -0.833. The van der Waals surface area contributed by atoms with Gasteiger partial charge >= 0.3 is 5.69 Å². The summed E-state index contributed by atoms with van der Waals surface area (Å²) in [6.07, 6.45) is -0.649. The molecule has 1 aliphatic rings. The fourth-order valence-corrected chi connectivity index (χ4v) is 1.70. The highest BCUT2D eigenvalue weighted by atomic mass is 16.5. The van der Waals surface area contributed by atoms with Gasteiger partial charge in [0.2, 0.25) is 0 Å². The van der Waals surface area contributed by atoms with Gasteiger partial charge in [0.25, 0.3) is 11.5 Å². The number of aliphatic hydroxyl groups is 2. The van der Waals surface area contributed by atoms with Crippen molar-refractivity contribution in [3.63, 3.8) is 0 Å². The monoisotopic (exact) mass is 288 g/mol. The highest BCUT2D eigenvalue weighted by Crippen LogP contribution is 2.26. The molecule has 0 saturated carbocycles. The predicted octanol–water partition coefficient (Wildman–Crippen LogP) is -1.73. The molecule has 1 fully saturated rings. The Bertz CT molecular complexity index is 560. The fourth-order valence-electron chi connectivity index (χ4n) is 1.70. The number of aromatic nitrogens is 2. The van der Waals surface area contributed by atoms with Crippen LogP contribution in [0.25, 0.3) is 0 Å². The van der Waals surface area contributed by atoms with Crippen molar-refractivity contribution < 1.29 is 24.9 Å². The summed E-state index contributed by atoms with van der Waals surface area (Å²) in [4.78, 5) is 33.3. The molecular formula is C11H16N2O7. The van der Waals surface area contributed by atoms with Gasteiger partial charge in [0.05, 0.1) is 12.7 Å². The van der Waals surface area contributed by atoms with Crippen LogP contribution >= 0.6 is 0 Å². The lowest BCUT2D eigenvalue weighted by molar-refractivity contribution is -0.134. The lowest BCUT2D eigenvalue weighted by Crippen LogP contribution is -2.31. The van der Waals surface area contributed by atoms with Crippen LogP contribution in [0.1, 0.15) is 19.6 Å². The molecule has 0 amide bonds. The minimum absolute atomic E-state index is 0.206. The minimum atomic E-state index is -0.833. The Balaban J connectivity index is 0.000000444. The third-order valence-electron chi connectivity index (χ3n) is 2.55. The lowest BCUT2D eigenvalue weighted by atomic mass is 10.2. The van der Waals surface area contributed by atoms with Crippen LogP contribution in [-0.2, 0) is 9.53 Å². The summed E-state index contributed by atoms with van der Waals surface area (Å²) < 4.78 is 6.45. The number of hydrogen-bond donors (Lipinski definition) is 4. The highest BCUT2D eigenvalue weighted by Gasteiger charge is 2.34. The van der Waals surface area contributed by atoms with E-state index >= 15 is 0 Å². The summed E-state index contributed by atoms with van der Waals surface area (Å²) in [5, 5.41) is 25.8. The maximum atomic E-state index is 11.4. The molecule has 0 bridgehead atoms. The molecule has 9 heteroatoms. The number of carboxylic acids is 1. The Hall–Kier alpha value is -1.97. The Morgan fingerprint density at radius 3 is 2.60 bits per heavy atom. The van der Waals surface area contributed by atoms with E-state index in [4.69, 9.17) is 19.7 Å². The maximum Gasteiger partial charge on any atom is 0.330 e. The number of aliphatic hydroxyl groups excluding tert-OH is 2. The van der Waals surface area contributed by atoms with Gasteiger partial charge < -0.3 is 20.1 Å². The van der Waals surface area contributed by atoms with Crippen LogP contribution in [0.5, 0.6) is 0 Å². The number of H-pyrrole nitrogens is 1. The molecule has 1 aliphatic heterocycles. The zero-order chi connectivity index (χ0) is 15.3. The van der Waals surface area contributed by atoms with E-state index < -0.39 is 35.7 Å². The molecule has 4 N–H and O–H groups in total. The summed E-state index contributed by atoms with van der Waals surface area (Å²) in [6, 6.07) is 1.20. The van der Waals surface area contributed by atoms with Crippen LogP contribution in [0.2, 0.25) is 0 Å². The van der Waals surface area contributed by atoms with Gasteiger partial charge in [0, 0.05) is 25.6 Å². The van der Waals surface area contributed by atoms with Crippen molar-refractivity contribution in [3.05, 3.63) is 33.1 Å². The van der Waals surface area contributed by atoms with E-state index in [1.54, 1.807) is 0 Å². The first-order valence-electron chi connectivity index (χ1n) is 5.80. The summed E-state index contributed by atoms with van der Waals surface area (Å²) >= 11 is 0. The Kier molecular flexibility index (Phi) is 5.62. The Labute approximate surface area is 113 Å². The number of aliphatic carboxylic acids is 1. The van der Waals surface area contributed by atoms with E-state index in [9.17, 15) is 14.7 Å². The summed E-state index contributed by atoms with van der Waals surface area (Å²) in [6.45, 7) is 0.774. The van der Waals surface area contributed by atoms with Crippen LogP contribution in [0.3, 0.4) is 0 Å². The molecule has 1 saturated heterocycles. The van der Waals surface area contributed by atoms with E-state index in [0.717, 1.165) is 6.92 Å². The van der Waals surface area contributed by atoms with Crippen molar-refractivity contribution in [2.24, 2.45) is 0 Å². The van der Waals surface area contributed by atoms with Crippen molar-refractivity contribution >= 4 is 5.97 Å². The molecule has 1 aromatic rings. The quantitative estimate of drug-likeness (QED) is 0.506. The smallest absolute Gasteiger partial charge is 0.330 e. The molecule has 2 heterocycles. The highest BCUT2D eigenvalue weighted by molar-refractivity contribution is 5.62. The summed E-state index contributed by atoms with van der Waals surface area (Å²) in [7, 11) is 0. The van der Waals surface area contributed by atoms with Crippen LogP contribution in [0.4, 0.5) is 0 Å². The molecule has 2 rings (SSSR count). The van der Waals surface area contributed by atoms with Crippen molar-refractivity contribution in [3.8, 4) is 0 Å². The van der Waals surface area contributed by atoms with Crippen molar-refractivity contribution in [1.82, 2.24) is 9.55 Å². The van der Waals surface area contributed by atoms with Gasteiger partial charge in [-0.15, -0.1) is 0 Å². The maximum absolute atomic E-state index is 11.4. The molecule has 9 nitrogen and oxygen atoms in total. The molecule has 112 valence electrons. The molecule has 0 aliphatic carbocycles. The third kappa shape index (κ3) is 4.30. The number of ether oxygens (including phenoxy) is 1. The van der Waals surface area contributed by atoms with Crippen molar-refractivity contribution in [2.45, 2.75) is 31.8 Å². The van der Waals surface area contributed by atoms with Gasteiger partial charge in [-0.2, -0.15) is 0 Å². The number of nitrogens with zero attached hydrogens (tertiary/aromatic N) is 1. The van der Waals surface area contributed by atoms with Crippen LogP contribution in [0.15, 0.2) is 21.9 Å². The van der Waals surface area contributed by atoms with E-state index in [0.29, 0.717) is 0 Å². The minimum Gasteiger partial charge on any atom is -0.481 e. The number of rotatable bonds is 2. The largest absolute Gasteiger partial charge is 0.481 e. The normalized spacial score (nSPS) is 24.9. The second kappa shape index (κ2) is 6.98. The molecule has 3 atom stereocenters. The first kappa shape index (κ1) is 16.1. The number of aromatic amines is 1. The van der Waals surface area contributed by atoms with Gasteiger partial charge in [-0.05, 0) is 0 Å². The molecule has 0 unspecified atom stereocenters. The van der Waals surface area contributed by atoms with Crippen LogP contribution in [-0.4, -0.2) is 49.7 Å². The van der Waals surface area contributed by atoms with E-state index in [-0.39, 0.29) is 13.0 Å². The molecule has 20 heavy (non-hydrogen) atoms. The lowest BCUT2D eigenvalue weighted by Gasteiger charge is -2.13. The number of carbonyl (C=O) groups is 1. The van der Waals surface area contributed by atoms with Crippen molar-refractivity contribution in [1.29, 1.82) is 0 Å². The average molecular weight is 288 g/mol. The van der Waals surface area contributed by atoms with Gasteiger partial charge in [0.1, 0.15) is 12.3 Å². The third-order valence-corrected chi connectivity index (χ3v) is 2.55. The van der Waals surface area contributed by atoms with Crippen LogP contribution in [0, 0.1) is 0 Å². The standard InChI is InChI=1S/C9H12N2O5.C2H4O2/c12-4-6-5(13)3-8(16-6)11-2-1-7(14)10-9(11)15;1-2(3)4/h1-2,5-6,8,12-13H,3-4H2,(H,10,14,15);1H3,(H,3,4)/t5-,6+,8+;/m0./s1. The predicted molar refractivity (Wildman–Crippen MR) is 66.3 cm³/mol. The zero-order valence-electron chi connectivity index (χ0n) is 10.7. The number of hydrogen-bond acceptors (Lipinski definition) is 6. The summed E-state index contributed by atoms with van der Waals surface area (Å²) in [5.41, 5.74) is -1.08. The topological polar surface area (TPSA) is 142 Å². The first-order chi connectivity index (χ1) is 9.35. The van der Waals surface area contributed by atoms with Crippen molar-refractivity contribution in [2.75, 3.05) is 6.61 Å². The van der Waals surface area contributed by atoms with Crippen LogP contribution < -0.4 is 11.2 Å². The average Bonchev–Trinajstić information content (AvgIpc) is 2.69. The molecule has 0 radical (unpaired) electrons. The Morgan fingerprint density at radius 1 is 1.55 bits per heavy atom.